The Labute approximate surface area is 221 Å². The summed E-state index contributed by atoms with van der Waals surface area (Å²) >= 11 is 12.4. The molecule has 4 rings (SSSR count). The summed E-state index contributed by atoms with van der Waals surface area (Å²) in [5, 5.41) is 3.51. The molecule has 0 fully saturated rings. The van der Waals surface area contributed by atoms with Gasteiger partial charge in [0, 0.05) is 5.02 Å². The quantitative estimate of drug-likeness (QED) is 0.282. The molecule has 4 aromatic carbocycles. The minimum atomic E-state index is -4.11. The molecule has 0 aliphatic rings. The third kappa shape index (κ3) is 5.73. The smallest absolute Gasteiger partial charge is 0.264 e. The van der Waals surface area contributed by atoms with Gasteiger partial charge in [-0.1, -0.05) is 96.0 Å². The van der Waals surface area contributed by atoms with E-state index in [9.17, 15) is 13.2 Å². The van der Waals surface area contributed by atoms with E-state index in [2.05, 4.69) is 5.32 Å². The molecular formula is C28H24Cl2N2O3S. The molecule has 0 aliphatic heterocycles. The van der Waals surface area contributed by atoms with E-state index in [1.807, 2.05) is 61.5 Å². The van der Waals surface area contributed by atoms with Crippen LogP contribution < -0.4 is 9.62 Å². The zero-order chi connectivity index (χ0) is 25.7. The lowest BCUT2D eigenvalue weighted by atomic mass is 9.95. The Bertz CT molecular complexity index is 1460. The maximum Gasteiger partial charge on any atom is 0.264 e. The van der Waals surface area contributed by atoms with Crippen molar-refractivity contribution in [3.8, 4) is 0 Å². The number of anilines is 1. The van der Waals surface area contributed by atoms with Crippen LogP contribution in [0.3, 0.4) is 0 Å². The van der Waals surface area contributed by atoms with Crippen LogP contribution in [0.15, 0.2) is 108 Å². The molecule has 0 spiro atoms. The lowest BCUT2D eigenvalue weighted by Gasteiger charge is -2.27. The number of carbonyl (C=O) groups excluding carboxylic acids is 1. The average molecular weight is 539 g/mol. The van der Waals surface area contributed by atoms with Crippen LogP contribution in [0, 0.1) is 6.92 Å². The number of aryl methyl sites for hydroxylation is 1. The zero-order valence-electron chi connectivity index (χ0n) is 19.4. The number of nitrogens with zero attached hydrogens (tertiary/aromatic N) is 1. The number of rotatable bonds is 8. The van der Waals surface area contributed by atoms with Gasteiger partial charge in [-0.25, -0.2) is 8.42 Å². The Kier molecular flexibility index (Phi) is 7.99. The highest BCUT2D eigenvalue weighted by Gasteiger charge is 2.30. The summed E-state index contributed by atoms with van der Waals surface area (Å²) < 4.78 is 28.3. The van der Waals surface area contributed by atoms with Gasteiger partial charge in [-0.2, -0.15) is 0 Å². The molecule has 1 amide bonds. The van der Waals surface area contributed by atoms with Crippen molar-refractivity contribution < 1.29 is 13.2 Å². The third-order valence-electron chi connectivity index (χ3n) is 5.73. The molecule has 8 heteroatoms. The first-order chi connectivity index (χ1) is 17.3. The van der Waals surface area contributed by atoms with Crippen LogP contribution in [0.5, 0.6) is 0 Å². The van der Waals surface area contributed by atoms with Gasteiger partial charge in [0.2, 0.25) is 5.91 Å². The van der Waals surface area contributed by atoms with Gasteiger partial charge in [0.25, 0.3) is 10.0 Å². The minimum Gasteiger partial charge on any atom is -0.344 e. The van der Waals surface area contributed by atoms with Crippen LogP contribution in [0.1, 0.15) is 22.7 Å². The monoisotopic (exact) mass is 538 g/mol. The van der Waals surface area contributed by atoms with Crippen molar-refractivity contribution in [3.05, 3.63) is 130 Å². The van der Waals surface area contributed by atoms with Gasteiger partial charge in [-0.05, 0) is 53.9 Å². The molecule has 1 N–H and O–H groups in total. The van der Waals surface area contributed by atoms with E-state index in [0.717, 1.165) is 21.0 Å². The number of hydrogen-bond acceptors (Lipinski definition) is 3. The van der Waals surface area contributed by atoms with E-state index in [0.29, 0.717) is 5.02 Å². The molecule has 0 saturated carbocycles. The Morgan fingerprint density at radius 1 is 0.861 bits per heavy atom. The molecule has 0 radical (unpaired) electrons. The first-order valence-electron chi connectivity index (χ1n) is 11.2. The lowest BCUT2D eigenvalue weighted by molar-refractivity contribution is -0.120. The average Bonchev–Trinajstić information content (AvgIpc) is 2.88. The van der Waals surface area contributed by atoms with Crippen LogP contribution in [-0.4, -0.2) is 20.9 Å². The highest BCUT2D eigenvalue weighted by atomic mass is 35.5. The van der Waals surface area contributed by atoms with Gasteiger partial charge in [-0.3, -0.25) is 9.10 Å². The Balaban J connectivity index is 1.72. The Morgan fingerprint density at radius 3 is 2.11 bits per heavy atom. The normalized spacial score (nSPS) is 12.1. The SMILES string of the molecule is Cc1ccccc1C(NC(=O)CN(c1ccc(Cl)cc1Cl)S(=O)(=O)c1ccccc1)c1ccccc1. The fourth-order valence-corrected chi connectivity index (χ4v) is 5.96. The lowest BCUT2D eigenvalue weighted by Crippen LogP contribution is -2.42. The fourth-order valence-electron chi connectivity index (χ4n) is 3.94. The molecule has 184 valence electrons. The highest BCUT2D eigenvalue weighted by Crippen LogP contribution is 2.33. The minimum absolute atomic E-state index is 0.0438. The summed E-state index contributed by atoms with van der Waals surface area (Å²) in [5.41, 5.74) is 2.95. The summed E-state index contributed by atoms with van der Waals surface area (Å²) in [6.07, 6.45) is 0. The standard InChI is InChI=1S/C28H24Cl2N2O3S/c1-20-10-8-9-15-24(20)28(21-11-4-2-5-12-21)31-27(33)19-32(26-17-16-22(29)18-25(26)30)36(34,35)23-13-6-3-7-14-23/h2-18,28H,19H2,1H3,(H,31,33). The number of sulfonamides is 1. The van der Waals surface area contributed by atoms with Gasteiger partial charge in [-0.15, -0.1) is 0 Å². The van der Waals surface area contributed by atoms with E-state index in [4.69, 9.17) is 23.2 Å². The van der Waals surface area contributed by atoms with Crippen molar-refractivity contribution in [3.63, 3.8) is 0 Å². The van der Waals surface area contributed by atoms with Crippen molar-refractivity contribution in [2.75, 3.05) is 10.8 Å². The molecule has 36 heavy (non-hydrogen) atoms. The summed E-state index contributed by atoms with van der Waals surface area (Å²) in [7, 11) is -4.11. The molecule has 0 saturated heterocycles. The van der Waals surface area contributed by atoms with E-state index in [1.54, 1.807) is 18.2 Å². The van der Waals surface area contributed by atoms with Gasteiger partial charge >= 0.3 is 0 Å². The second-order valence-electron chi connectivity index (χ2n) is 8.19. The van der Waals surface area contributed by atoms with Crippen LogP contribution in [0.25, 0.3) is 0 Å². The molecular weight excluding hydrogens is 515 g/mol. The summed E-state index contributed by atoms with van der Waals surface area (Å²) in [6.45, 7) is 1.49. The van der Waals surface area contributed by atoms with Crippen molar-refractivity contribution in [1.82, 2.24) is 5.32 Å². The van der Waals surface area contributed by atoms with Crippen molar-refractivity contribution in [2.24, 2.45) is 0 Å². The number of hydrogen-bond donors (Lipinski definition) is 1. The molecule has 4 aromatic rings. The number of nitrogens with one attached hydrogen (secondary N) is 1. The molecule has 0 heterocycles. The van der Waals surface area contributed by atoms with E-state index in [-0.39, 0.29) is 15.6 Å². The van der Waals surface area contributed by atoms with Crippen molar-refractivity contribution >= 4 is 44.8 Å². The Hall–Kier alpha value is -3.32. The fraction of sp³-hybridized carbons (Fsp3) is 0.107. The zero-order valence-corrected chi connectivity index (χ0v) is 21.8. The number of amides is 1. The molecule has 0 aromatic heterocycles. The topological polar surface area (TPSA) is 66.5 Å². The van der Waals surface area contributed by atoms with Crippen LogP contribution >= 0.6 is 23.2 Å². The van der Waals surface area contributed by atoms with Crippen LogP contribution in [-0.2, 0) is 14.8 Å². The second-order valence-corrected chi connectivity index (χ2v) is 10.9. The molecule has 0 bridgehead atoms. The number of carbonyl (C=O) groups is 1. The van der Waals surface area contributed by atoms with Crippen molar-refractivity contribution in [1.29, 1.82) is 0 Å². The maximum absolute atomic E-state index is 13.6. The van der Waals surface area contributed by atoms with Gasteiger partial charge in [0.15, 0.2) is 0 Å². The predicted octanol–water partition coefficient (Wildman–Crippen LogP) is 6.40. The second kappa shape index (κ2) is 11.2. The number of halogens is 2. The summed E-state index contributed by atoms with van der Waals surface area (Å²) in [5.74, 6) is -0.488. The van der Waals surface area contributed by atoms with Gasteiger partial charge in [0.05, 0.1) is 21.6 Å². The van der Waals surface area contributed by atoms with Crippen LogP contribution in [0.2, 0.25) is 10.0 Å². The van der Waals surface area contributed by atoms with E-state index in [1.165, 1.54) is 30.3 Å². The highest BCUT2D eigenvalue weighted by molar-refractivity contribution is 7.92. The summed E-state index contributed by atoms with van der Waals surface area (Å²) in [6, 6.07) is 29.2. The van der Waals surface area contributed by atoms with E-state index < -0.39 is 28.5 Å². The van der Waals surface area contributed by atoms with Crippen LogP contribution in [0.4, 0.5) is 5.69 Å². The first kappa shape index (κ1) is 25.8. The molecule has 5 nitrogen and oxygen atoms in total. The molecule has 1 atom stereocenters. The predicted molar refractivity (Wildman–Crippen MR) is 145 cm³/mol. The van der Waals surface area contributed by atoms with E-state index >= 15 is 0 Å². The molecule has 1 unspecified atom stereocenters. The van der Waals surface area contributed by atoms with Gasteiger partial charge < -0.3 is 5.32 Å². The maximum atomic E-state index is 13.6. The first-order valence-corrected chi connectivity index (χ1v) is 13.4. The van der Waals surface area contributed by atoms with Gasteiger partial charge in [0.1, 0.15) is 6.54 Å². The molecule has 0 aliphatic carbocycles. The third-order valence-corrected chi connectivity index (χ3v) is 8.05. The summed E-state index contributed by atoms with van der Waals surface area (Å²) in [4.78, 5) is 13.5. The number of benzene rings is 4. The Morgan fingerprint density at radius 2 is 1.47 bits per heavy atom. The largest absolute Gasteiger partial charge is 0.344 e. The van der Waals surface area contributed by atoms with Crippen molar-refractivity contribution in [2.45, 2.75) is 17.9 Å².